The fourth-order valence-corrected chi connectivity index (χ4v) is 2.75. The van der Waals surface area contributed by atoms with E-state index in [1.165, 1.54) is 11.3 Å². The van der Waals surface area contributed by atoms with Crippen molar-refractivity contribution in [3.05, 3.63) is 16.7 Å². The van der Waals surface area contributed by atoms with Crippen LogP contribution in [0, 0.1) is 0 Å². The zero-order valence-corrected chi connectivity index (χ0v) is 14.3. The lowest BCUT2D eigenvalue weighted by Crippen LogP contribution is -2.33. The fraction of sp³-hybridized carbons (Fsp3) is 0.500. The summed E-state index contributed by atoms with van der Waals surface area (Å²) in [5, 5.41) is 9.06. The molecule has 0 aliphatic rings. The predicted molar refractivity (Wildman–Crippen MR) is 89.8 cm³/mol. The molecule has 8 heteroatoms. The molecular weight excluding hydrogens is 324 g/mol. The number of rotatable bonds is 5. The molecule has 1 amide bonds. The third-order valence-corrected chi connectivity index (χ3v) is 3.59. The Morgan fingerprint density at radius 3 is 2.86 bits per heavy atom. The Kier molecular flexibility index (Phi) is 5.42. The number of hydrogen-bond acceptors (Lipinski definition) is 6. The van der Waals surface area contributed by atoms with E-state index in [0.717, 1.165) is 16.6 Å². The molecule has 0 spiro atoms. The molecule has 0 aromatic carbocycles. The number of nitrogens with zero attached hydrogens (tertiary/aromatic N) is 2. The molecule has 0 atom stereocenters. The van der Waals surface area contributed by atoms with Gasteiger partial charge in [0.2, 0.25) is 5.28 Å². The number of thiophene rings is 1. The van der Waals surface area contributed by atoms with E-state index in [1.807, 2.05) is 32.2 Å². The third kappa shape index (κ3) is 4.99. The van der Waals surface area contributed by atoms with Crippen LogP contribution in [-0.2, 0) is 4.74 Å². The standard InChI is InChI=1S/C14H19ClN4O2S/c1-14(2,3)21-13(20)17-7-4-6-16-10-9-5-8-22-11(9)19-12(15)18-10/h5,8H,4,6-7H2,1-3H3,(H,17,20)(H,16,18,19). The molecule has 22 heavy (non-hydrogen) atoms. The van der Waals surface area contributed by atoms with Gasteiger partial charge in [0.15, 0.2) is 0 Å². The highest BCUT2D eigenvalue weighted by Crippen LogP contribution is 2.26. The Bertz CT molecular complexity index is 654. The van der Waals surface area contributed by atoms with Gasteiger partial charge in [0.05, 0.1) is 5.39 Å². The first-order valence-electron chi connectivity index (χ1n) is 6.96. The topological polar surface area (TPSA) is 76.1 Å². The molecule has 0 saturated heterocycles. The number of ether oxygens (including phenoxy) is 1. The van der Waals surface area contributed by atoms with Gasteiger partial charge < -0.3 is 15.4 Å². The zero-order chi connectivity index (χ0) is 16.2. The maximum atomic E-state index is 11.5. The first kappa shape index (κ1) is 16.8. The van der Waals surface area contributed by atoms with Crippen LogP contribution in [0.25, 0.3) is 10.2 Å². The van der Waals surface area contributed by atoms with Gasteiger partial charge in [-0.05, 0) is 50.2 Å². The van der Waals surface area contributed by atoms with E-state index in [1.54, 1.807) is 0 Å². The number of aromatic nitrogens is 2. The number of hydrogen-bond donors (Lipinski definition) is 2. The number of nitrogens with one attached hydrogen (secondary N) is 2. The van der Waals surface area contributed by atoms with Crippen LogP contribution in [-0.4, -0.2) is 34.8 Å². The number of carbonyl (C=O) groups excluding carboxylic acids is 1. The van der Waals surface area contributed by atoms with E-state index in [-0.39, 0.29) is 5.28 Å². The summed E-state index contributed by atoms with van der Waals surface area (Å²) in [5.41, 5.74) is -0.482. The van der Waals surface area contributed by atoms with E-state index in [4.69, 9.17) is 16.3 Å². The lowest BCUT2D eigenvalue weighted by atomic mass is 10.2. The number of anilines is 1. The summed E-state index contributed by atoms with van der Waals surface area (Å²) in [5.74, 6) is 0.716. The molecule has 0 fully saturated rings. The van der Waals surface area contributed by atoms with E-state index in [9.17, 15) is 4.79 Å². The second-order valence-corrected chi connectivity index (χ2v) is 6.92. The van der Waals surface area contributed by atoms with Crippen LogP contribution in [0.3, 0.4) is 0 Å². The van der Waals surface area contributed by atoms with Gasteiger partial charge in [-0.1, -0.05) is 0 Å². The lowest BCUT2D eigenvalue weighted by Gasteiger charge is -2.19. The van der Waals surface area contributed by atoms with Gasteiger partial charge in [0.1, 0.15) is 16.2 Å². The van der Waals surface area contributed by atoms with E-state index < -0.39 is 11.7 Å². The maximum Gasteiger partial charge on any atom is 0.407 e. The first-order valence-corrected chi connectivity index (χ1v) is 8.22. The van der Waals surface area contributed by atoms with Crippen LogP contribution in [0.15, 0.2) is 11.4 Å². The molecule has 0 aliphatic carbocycles. The van der Waals surface area contributed by atoms with E-state index in [2.05, 4.69) is 20.6 Å². The molecule has 2 N–H and O–H groups in total. The first-order chi connectivity index (χ1) is 10.3. The van der Waals surface area contributed by atoms with Crippen LogP contribution in [0.5, 0.6) is 0 Å². The van der Waals surface area contributed by atoms with Crippen molar-refractivity contribution in [1.82, 2.24) is 15.3 Å². The second kappa shape index (κ2) is 7.11. The van der Waals surface area contributed by atoms with Gasteiger partial charge in [0, 0.05) is 13.1 Å². The quantitative estimate of drug-likeness (QED) is 0.640. The minimum atomic E-state index is -0.482. The summed E-state index contributed by atoms with van der Waals surface area (Å²) in [6.45, 7) is 6.68. The zero-order valence-electron chi connectivity index (χ0n) is 12.8. The number of carbonyl (C=O) groups is 1. The van der Waals surface area contributed by atoms with Gasteiger partial charge in [-0.15, -0.1) is 11.3 Å². The summed E-state index contributed by atoms with van der Waals surface area (Å²) in [7, 11) is 0. The number of halogens is 1. The molecule has 0 radical (unpaired) electrons. The third-order valence-electron chi connectivity index (χ3n) is 2.61. The minimum absolute atomic E-state index is 0.226. The SMILES string of the molecule is CC(C)(C)OC(=O)NCCCNc1nc(Cl)nc2sccc12. The van der Waals surface area contributed by atoms with Crippen molar-refractivity contribution in [3.8, 4) is 0 Å². The van der Waals surface area contributed by atoms with E-state index in [0.29, 0.717) is 18.9 Å². The lowest BCUT2D eigenvalue weighted by molar-refractivity contribution is 0.0528. The van der Waals surface area contributed by atoms with E-state index >= 15 is 0 Å². The summed E-state index contributed by atoms with van der Waals surface area (Å²) < 4.78 is 5.16. The Balaban J connectivity index is 1.77. The van der Waals surface area contributed by atoms with Crippen LogP contribution in [0.2, 0.25) is 5.28 Å². The van der Waals surface area contributed by atoms with Gasteiger partial charge in [-0.3, -0.25) is 0 Å². The monoisotopic (exact) mass is 342 g/mol. The average molecular weight is 343 g/mol. The summed E-state index contributed by atoms with van der Waals surface area (Å²) >= 11 is 7.41. The highest BCUT2D eigenvalue weighted by molar-refractivity contribution is 7.16. The predicted octanol–water partition coefficient (Wildman–Crippen LogP) is 3.67. The molecule has 2 aromatic rings. The molecule has 2 heterocycles. The minimum Gasteiger partial charge on any atom is -0.444 e. The van der Waals surface area contributed by atoms with Crippen LogP contribution in [0.4, 0.5) is 10.6 Å². The van der Waals surface area contributed by atoms with Gasteiger partial charge in [-0.2, -0.15) is 0 Å². The normalized spacial score (nSPS) is 11.5. The molecule has 2 aromatic heterocycles. The highest BCUT2D eigenvalue weighted by atomic mass is 35.5. The second-order valence-electron chi connectivity index (χ2n) is 5.69. The molecular formula is C14H19ClN4O2S. The van der Waals surface area contributed by atoms with Crippen molar-refractivity contribution in [3.63, 3.8) is 0 Å². The van der Waals surface area contributed by atoms with Gasteiger partial charge >= 0.3 is 6.09 Å². The summed E-state index contributed by atoms with van der Waals surface area (Å²) in [6, 6.07) is 1.96. The van der Waals surface area contributed by atoms with Crippen LogP contribution in [0.1, 0.15) is 27.2 Å². The smallest absolute Gasteiger partial charge is 0.407 e. The van der Waals surface area contributed by atoms with Gasteiger partial charge in [-0.25, -0.2) is 14.8 Å². The van der Waals surface area contributed by atoms with Crippen molar-refractivity contribution in [2.75, 3.05) is 18.4 Å². The highest BCUT2D eigenvalue weighted by Gasteiger charge is 2.15. The average Bonchev–Trinajstić information content (AvgIpc) is 2.84. The van der Waals surface area contributed by atoms with Crippen molar-refractivity contribution >= 4 is 45.1 Å². The van der Waals surface area contributed by atoms with Crippen LogP contribution < -0.4 is 10.6 Å². The molecule has 0 bridgehead atoms. The molecule has 2 rings (SSSR count). The van der Waals surface area contributed by atoms with Crippen molar-refractivity contribution < 1.29 is 9.53 Å². The Labute approximate surface area is 138 Å². The summed E-state index contributed by atoms with van der Waals surface area (Å²) in [4.78, 5) is 20.7. The maximum absolute atomic E-state index is 11.5. The molecule has 0 unspecified atom stereocenters. The Morgan fingerprint density at radius 2 is 2.14 bits per heavy atom. The van der Waals surface area contributed by atoms with Crippen LogP contribution >= 0.6 is 22.9 Å². The number of fused-ring (bicyclic) bond motifs is 1. The molecule has 0 aliphatic heterocycles. The summed E-state index contributed by atoms with van der Waals surface area (Å²) in [6.07, 6.45) is 0.338. The number of amides is 1. The molecule has 0 saturated carbocycles. The van der Waals surface area contributed by atoms with Gasteiger partial charge in [0.25, 0.3) is 0 Å². The Hall–Kier alpha value is -1.60. The van der Waals surface area contributed by atoms with Crippen molar-refractivity contribution in [1.29, 1.82) is 0 Å². The Morgan fingerprint density at radius 1 is 1.36 bits per heavy atom. The molecule has 6 nitrogen and oxygen atoms in total. The largest absolute Gasteiger partial charge is 0.444 e. The fourth-order valence-electron chi connectivity index (χ4n) is 1.76. The molecule has 120 valence electrons. The number of alkyl carbamates (subject to hydrolysis) is 1. The van der Waals surface area contributed by atoms with Crippen molar-refractivity contribution in [2.24, 2.45) is 0 Å². The van der Waals surface area contributed by atoms with Crippen molar-refractivity contribution in [2.45, 2.75) is 32.8 Å².